The molecule has 2 rings (SSSR count). The lowest BCUT2D eigenvalue weighted by atomic mass is 9.82. The monoisotopic (exact) mass is 266 g/mol. The maximum atomic E-state index is 3.90. The lowest BCUT2D eigenvalue weighted by Gasteiger charge is -2.47. The summed E-state index contributed by atoms with van der Waals surface area (Å²) in [7, 11) is 2.35. The van der Waals surface area contributed by atoms with E-state index in [2.05, 4.69) is 31.1 Å². The van der Waals surface area contributed by atoms with E-state index in [4.69, 9.17) is 0 Å². The van der Waals surface area contributed by atoms with Crippen LogP contribution >= 0.6 is 0 Å². The van der Waals surface area contributed by atoms with Crippen LogP contribution in [0.15, 0.2) is 0 Å². The normalized spacial score (nSPS) is 33.3. The predicted octanol–water partition coefficient (Wildman–Crippen LogP) is 3.81. The van der Waals surface area contributed by atoms with Gasteiger partial charge in [0, 0.05) is 18.1 Å². The van der Waals surface area contributed by atoms with Gasteiger partial charge in [0.2, 0.25) is 0 Å². The van der Waals surface area contributed by atoms with Crippen LogP contribution in [0.5, 0.6) is 0 Å². The summed E-state index contributed by atoms with van der Waals surface area (Å²) in [6.07, 6.45) is 12.6. The van der Waals surface area contributed by atoms with Crippen LogP contribution in [-0.4, -0.2) is 36.6 Å². The minimum atomic E-state index is 0.794. The summed E-state index contributed by atoms with van der Waals surface area (Å²) in [6, 6.07) is 2.52. The van der Waals surface area contributed by atoms with E-state index < -0.39 is 0 Å². The molecule has 112 valence electrons. The first kappa shape index (κ1) is 15.3. The van der Waals surface area contributed by atoms with Gasteiger partial charge in [-0.05, 0) is 51.6 Å². The summed E-state index contributed by atoms with van der Waals surface area (Å²) >= 11 is 0. The highest BCUT2D eigenvalue weighted by Gasteiger charge is 2.35. The van der Waals surface area contributed by atoms with Gasteiger partial charge >= 0.3 is 0 Å². The van der Waals surface area contributed by atoms with Gasteiger partial charge < -0.3 is 10.2 Å². The molecule has 2 aliphatic heterocycles. The highest BCUT2D eigenvalue weighted by molar-refractivity contribution is 4.93. The van der Waals surface area contributed by atoms with E-state index in [1.807, 2.05) is 0 Å². The Morgan fingerprint density at radius 3 is 2.42 bits per heavy atom. The smallest absolute Gasteiger partial charge is 0.0110 e. The molecule has 2 fully saturated rings. The van der Waals surface area contributed by atoms with Gasteiger partial charge in [0.15, 0.2) is 0 Å². The first-order chi connectivity index (χ1) is 9.24. The molecule has 0 aliphatic carbocycles. The molecule has 0 saturated carbocycles. The van der Waals surface area contributed by atoms with Crippen LogP contribution in [0.4, 0.5) is 0 Å². The molecule has 3 atom stereocenters. The zero-order chi connectivity index (χ0) is 13.7. The SMILES string of the molecule is CCCCC(CC)CNC1CC2CCCC(C1)N2C. The standard InChI is InChI=1S/C17H34N2/c1-4-6-8-14(5-2)13-18-15-11-16-9-7-10-17(12-15)19(16)3/h14-18H,4-13H2,1-3H3. The molecule has 0 aromatic heterocycles. The molecule has 2 saturated heterocycles. The Balaban J connectivity index is 1.74. The summed E-state index contributed by atoms with van der Waals surface area (Å²) in [5.41, 5.74) is 0. The van der Waals surface area contributed by atoms with E-state index in [1.54, 1.807) is 0 Å². The van der Waals surface area contributed by atoms with Crippen molar-refractivity contribution in [2.24, 2.45) is 5.92 Å². The minimum absolute atomic E-state index is 0.794. The number of hydrogen-bond acceptors (Lipinski definition) is 2. The average molecular weight is 266 g/mol. The molecule has 2 bridgehead atoms. The Bertz CT molecular complexity index is 240. The fourth-order valence-corrected chi connectivity index (χ4v) is 4.06. The number of rotatable bonds is 7. The second-order valence-corrected chi connectivity index (χ2v) is 6.90. The minimum Gasteiger partial charge on any atom is -0.314 e. The van der Waals surface area contributed by atoms with Gasteiger partial charge in [0.25, 0.3) is 0 Å². The lowest BCUT2D eigenvalue weighted by Crippen LogP contribution is -2.54. The summed E-state index contributed by atoms with van der Waals surface area (Å²) < 4.78 is 0. The molecule has 0 amide bonds. The van der Waals surface area contributed by atoms with Gasteiger partial charge in [-0.15, -0.1) is 0 Å². The Morgan fingerprint density at radius 1 is 1.16 bits per heavy atom. The quantitative estimate of drug-likeness (QED) is 0.754. The molecule has 2 heterocycles. The third-order valence-corrected chi connectivity index (χ3v) is 5.58. The summed E-state index contributed by atoms with van der Waals surface area (Å²) in [5.74, 6) is 0.902. The van der Waals surface area contributed by atoms with Crippen LogP contribution in [0.2, 0.25) is 0 Å². The summed E-state index contributed by atoms with van der Waals surface area (Å²) in [4.78, 5) is 2.66. The highest BCUT2D eigenvalue weighted by atomic mass is 15.2. The van der Waals surface area contributed by atoms with Crippen molar-refractivity contribution in [3.8, 4) is 0 Å². The first-order valence-electron chi connectivity index (χ1n) is 8.69. The van der Waals surface area contributed by atoms with Gasteiger partial charge in [0.05, 0.1) is 0 Å². The molecule has 19 heavy (non-hydrogen) atoms. The third-order valence-electron chi connectivity index (χ3n) is 5.58. The Kier molecular flexibility index (Phi) is 6.15. The molecule has 2 nitrogen and oxygen atoms in total. The Hall–Kier alpha value is -0.0800. The molecule has 0 spiro atoms. The largest absolute Gasteiger partial charge is 0.314 e. The molecule has 2 heteroatoms. The van der Waals surface area contributed by atoms with Crippen LogP contribution in [-0.2, 0) is 0 Å². The van der Waals surface area contributed by atoms with Crippen LogP contribution in [0, 0.1) is 5.92 Å². The van der Waals surface area contributed by atoms with Gasteiger partial charge in [-0.1, -0.05) is 39.5 Å². The van der Waals surface area contributed by atoms with Crippen molar-refractivity contribution in [3.63, 3.8) is 0 Å². The molecular weight excluding hydrogens is 232 g/mol. The Morgan fingerprint density at radius 2 is 1.84 bits per heavy atom. The topological polar surface area (TPSA) is 15.3 Å². The number of unbranched alkanes of at least 4 members (excludes halogenated alkanes) is 1. The number of nitrogens with zero attached hydrogens (tertiary/aromatic N) is 1. The van der Waals surface area contributed by atoms with Crippen molar-refractivity contribution in [2.75, 3.05) is 13.6 Å². The fraction of sp³-hybridized carbons (Fsp3) is 1.00. The van der Waals surface area contributed by atoms with Crippen LogP contribution in [0.1, 0.15) is 71.6 Å². The van der Waals surface area contributed by atoms with Crippen molar-refractivity contribution in [1.82, 2.24) is 10.2 Å². The van der Waals surface area contributed by atoms with Crippen LogP contribution < -0.4 is 5.32 Å². The third kappa shape index (κ3) is 4.19. The van der Waals surface area contributed by atoms with Gasteiger partial charge in [-0.25, -0.2) is 0 Å². The number of nitrogens with one attached hydrogen (secondary N) is 1. The van der Waals surface area contributed by atoms with E-state index >= 15 is 0 Å². The van der Waals surface area contributed by atoms with Crippen molar-refractivity contribution in [3.05, 3.63) is 0 Å². The predicted molar refractivity (Wildman–Crippen MR) is 83.5 cm³/mol. The van der Waals surface area contributed by atoms with E-state index in [-0.39, 0.29) is 0 Å². The highest BCUT2D eigenvalue weighted by Crippen LogP contribution is 2.32. The van der Waals surface area contributed by atoms with Crippen LogP contribution in [0.25, 0.3) is 0 Å². The van der Waals surface area contributed by atoms with E-state index in [9.17, 15) is 0 Å². The number of hydrogen-bond donors (Lipinski definition) is 1. The molecule has 3 unspecified atom stereocenters. The molecule has 2 aliphatic rings. The zero-order valence-corrected chi connectivity index (χ0v) is 13.3. The van der Waals surface area contributed by atoms with Gasteiger partial charge in [-0.3, -0.25) is 0 Å². The van der Waals surface area contributed by atoms with Crippen molar-refractivity contribution in [1.29, 1.82) is 0 Å². The van der Waals surface area contributed by atoms with Crippen LogP contribution in [0.3, 0.4) is 0 Å². The maximum absolute atomic E-state index is 3.90. The lowest BCUT2D eigenvalue weighted by molar-refractivity contribution is 0.0475. The molecule has 0 aromatic rings. The Labute approximate surface area is 120 Å². The maximum Gasteiger partial charge on any atom is 0.0110 e. The fourth-order valence-electron chi connectivity index (χ4n) is 4.06. The van der Waals surface area contributed by atoms with E-state index in [0.29, 0.717) is 0 Å². The zero-order valence-electron chi connectivity index (χ0n) is 13.3. The molecular formula is C17H34N2. The van der Waals surface area contributed by atoms with Gasteiger partial charge in [-0.2, -0.15) is 0 Å². The van der Waals surface area contributed by atoms with Gasteiger partial charge in [0.1, 0.15) is 0 Å². The van der Waals surface area contributed by atoms with E-state index in [1.165, 1.54) is 64.3 Å². The summed E-state index contributed by atoms with van der Waals surface area (Å²) in [5, 5.41) is 3.90. The van der Waals surface area contributed by atoms with Crippen molar-refractivity contribution >= 4 is 0 Å². The molecule has 1 N–H and O–H groups in total. The number of piperidine rings is 2. The number of fused-ring (bicyclic) bond motifs is 2. The average Bonchev–Trinajstić information content (AvgIpc) is 2.39. The van der Waals surface area contributed by atoms with Crippen molar-refractivity contribution < 1.29 is 0 Å². The summed E-state index contributed by atoms with van der Waals surface area (Å²) in [6.45, 7) is 5.91. The second kappa shape index (κ2) is 7.64. The molecule has 0 radical (unpaired) electrons. The van der Waals surface area contributed by atoms with E-state index in [0.717, 1.165) is 24.0 Å². The second-order valence-electron chi connectivity index (χ2n) is 6.90. The first-order valence-corrected chi connectivity index (χ1v) is 8.69. The van der Waals surface area contributed by atoms with Crippen molar-refractivity contribution in [2.45, 2.75) is 89.8 Å². The molecule has 0 aromatic carbocycles.